The summed E-state index contributed by atoms with van der Waals surface area (Å²) < 4.78 is 28.3. The second-order valence-corrected chi connectivity index (χ2v) is 7.80. The van der Waals surface area contributed by atoms with Crippen molar-refractivity contribution < 1.29 is 28.2 Å². The smallest absolute Gasteiger partial charge is 0.336 e. The minimum Gasteiger partial charge on any atom is -0.493 e. The Morgan fingerprint density at radius 1 is 1.00 bits per heavy atom. The largest absolute Gasteiger partial charge is 0.493 e. The SMILES string of the molecule is CCCc1cc(=O)oc2cc(C)c3c(c12)OC(c1cc(OC)c(OC)c(OC)c1)CC3=O. The van der Waals surface area contributed by atoms with Crippen LogP contribution in [0.15, 0.2) is 33.5 Å². The van der Waals surface area contributed by atoms with Gasteiger partial charge in [0.15, 0.2) is 17.3 Å². The number of carbonyl (C=O) groups excluding carboxylic acids is 1. The Hall–Kier alpha value is -3.48. The van der Waals surface area contributed by atoms with Gasteiger partial charge in [-0.05, 0) is 42.7 Å². The van der Waals surface area contributed by atoms with Gasteiger partial charge in [0.1, 0.15) is 17.4 Å². The molecule has 3 aromatic rings. The van der Waals surface area contributed by atoms with Crippen molar-refractivity contribution in [3.05, 3.63) is 56.9 Å². The lowest BCUT2D eigenvalue weighted by molar-refractivity contribution is 0.0851. The van der Waals surface area contributed by atoms with Gasteiger partial charge in [-0.15, -0.1) is 0 Å². The first-order valence-corrected chi connectivity index (χ1v) is 10.5. The van der Waals surface area contributed by atoms with Gasteiger partial charge in [-0.1, -0.05) is 13.3 Å². The van der Waals surface area contributed by atoms with Gasteiger partial charge in [0.05, 0.1) is 38.7 Å². The van der Waals surface area contributed by atoms with Crippen molar-refractivity contribution in [3.63, 3.8) is 0 Å². The highest BCUT2D eigenvalue weighted by Gasteiger charge is 2.33. The van der Waals surface area contributed by atoms with Crippen molar-refractivity contribution in [3.8, 4) is 23.0 Å². The Morgan fingerprint density at radius 3 is 2.28 bits per heavy atom. The third kappa shape index (κ3) is 3.57. The van der Waals surface area contributed by atoms with Gasteiger partial charge in [-0.2, -0.15) is 0 Å². The van der Waals surface area contributed by atoms with E-state index in [9.17, 15) is 9.59 Å². The maximum atomic E-state index is 13.2. The van der Waals surface area contributed by atoms with Gasteiger partial charge in [-0.3, -0.25) is 4.79 Å². The molecule has 0 radical (unpaired) electrons. The third-order valence-electron chi connectivity index (χ3n) is 5.75. The fourth-order valence-corrected chi connectivity index (χ4v) is 4.35. The molecule has 0 N–H and O–H groups in total. The molecule has 0 spiro atoms. The predicted octanol–water partition coefficient (Wildman–Crippen LogP) is 4.79. The molecule has 0 amide bonds. The third-order valence-corrected chi connectivity index (χ3v) is 5.75. The lowest BCUT2D eigenvalue weighted by atomic mass is 9.90. The molecule has 32 heavy (non-hydrogen) atoms. The first kappa shape index (κ1) is 21.7. The van der Waals surface area contributed by atoms with Gasteiger partial charge < -0.3 is 23.4 Å². The van der Waals surface area contributed by atoms with Crippen molar-refractivity contribution in [1.82, 2.24) is 0 Å². The number of rotatable bonds is 6. The average molecular weight is 438 g/mol. The molecule has 1 atom stereocenters. The molecule has 2 aromatic carbocycles. The highest BCUT2D eigenvalue weighted by molar-refractivity contribution is 6.07. The molecule has 4 rings (SSSR count). The predicted molar refractivity (Wildman–Crippen MR) is 120 cm³/mol. The van der Waals surface area contributed by atoms with Gasteiger partial charge in [-0.25, -0.2) is 4.79 Å². The van der Waals surface area contributed by atoms with Crippen LogP contribution in [0.5, 0.6) is 23.0 Å². The van der Waals surface area contributed by atoms with Crippen molar-refractivity contribution >= 4 is 16.8 Å². The number of hydrogen-bond acceptors (Lipinski definition) is 7. The first-order valence-electron chi connectivity index (χ1n) is 10.5. The minimum absolute atomic E-state index is 0.0296. The van der Waals surface area contributed by atoms with E-state index in [-0.39, 0.29) is 12.2 Å². The molecular weight excluding hydrogens is 412 g/mol. The molecule has 0 bridgehead atoms. The van der Waals surface area contributed by atoms with Crippen LogP contribution in [0.3, 0.4) is 0 Å². The number of carbonyl (C=O) groups is 1. The average Bonchev–Trinajstić information content (AvgIpc) is 2.77. The second kappa shape index (κ2) is 8.57. The van der Waals surface area contributed by atoms with Gasteiger partial charge in [0.25, 0.3) is 0 Å². The van der Waals surface area contributed by atoms with Crippen LogP contribution in [0.4, 0.5) is 0 Å². The number of Topliss-reactive ketones (excluding diaryl/α,β-unsaturated/α-hetero) is 1. The molecule has 0 fully saturated rings. The van der Waals surface area contributed by atoms with Gasteiger partial charge in [0.2, 0.25) is 5.75 Å². The van der Waals surface area contributed by atoms with Crippen molar-refractivity contribution in [1.29, 1.82) is 0 Å². The molecule has 0 saturated carbocycles. The zero-order valence-electron chi connectivity index (χ0n) is 18.9. The van der Waals surface area contributed by atoms with Gasteiger partial charge >= 0.3 is 5.63 Å². The second-order valence-electron chi connectivity index (χ2n) is 7.80. The van der Waals surface area contributed by atoms with E-state index in [1.165, 1.54) is 13.2 Å². The quantitative estimate of drug-likeness (QED) is 0.512. The summed E-state index contributed by atoms with van der Waals surface area (Å²) in [6, 6.07) is 6.80. The van der Waals surface area contributed by atoms with E-state index in [1.807, 2.05) is 13.8 Å². The normalized spacial score (nSPS) is 15.3. The summed E-state index contributed by atoms with van der Waals surface area (Å²) in [6.07, 6.45) is 1.11. The van der Waals surface area contributed by atoms with Crippen molar-refractivity contribution in [2.45, 2.75) is 39.2 Å². The van der Waals surface area contributed by atoms with Crippen LogP contribution in [-0.2, 0) is 6.42 Å². The fraction of sp³-hybridized carbons (Fsp3) is 0.360. The van der Waals surface area contributed by atoms with Crippen LogP contribution in [-0.4, -0.2) is 27.1 Å². The zero-order valence-corrected chi connectivity index (χ0v) is 18.9. The number of hydrogen-bond donors (Lipinski definition) is 0. The molecule has 0 aliphatic carbocycles. The Balaban J connectivity index is 1.91. The first-order chi connectivity index (χ1) is 15.4. The number of methoxy groups -OCH3 is 3. The number of ether oxygens (including phenoxy) is 4. The molecule has 1 aliphatic rings. The maximum Gasteiger partial charge on any atom is 0.336 e. The zero-order chi connectivity index (χ0) is 23.0. The summed E-state index contributed by atoms with van der Waals surface area (Å²) in [5, 5.41) is 0.678. The Kier molecular flexibility index (Phi) is 5.82. The molecule has 7 nitrogen and oxygen atoms in total. The molecular formula is C25H26O7. The fourth-order valence-electron chi connectivity index (χ4n) is 4.35. The van der Waals surface area contributed by atoms with E-state index in [0.717, 1.165) is 23.1 Å². The van der Waals surface area contributed by atoms with Crippen molar-refractivity contribution in [2.24, 2.45) is 0 Å². The Labute approximate surface area is 185 Å². The number of aryl methyl sites for hydroxylation is 2. The molecule has 1 aliphatic heterocycles. The summed E-state index contributed by atoms with van der Waals surface area (Å²) in [5.74, 6) is 1.86. The molecule has 7 heteroatoms. The Bertz CT molecular complexity index is 1230. The highest BCUT2D eigenvalue weighted by atomic mass is 16.5. The van der Waals surface area contributed by atoms with Gasteiger partial charge in [0, 0.05) is 11.6 Å². The van der Waals surface area contributed by atoms with Crippen LogP contribution < -0.4 is 24.6 Å². The maximum absolute atomic E-state index is 13.2. The van der Waals surface area contributed by atoms with Crippen LogP contribution in [0.2, 0.25) is 0 Å². The minimum atomic E-state index is -0.560. The summed E-state index contributed by atoms with van der Waals surface area (Å²) in [7, 11) is 4.62. The lowest BCUT2D eigenvalue weighted by Gasteiger charge is -2.29. The topological polar surface area (TPSA) is 84.2 Å². The molecule has 0 saturated heterocycles. The van der Waals surface area contributed by atoms with E-state index < -0.39 is 11.7 Å². The van der Waals surface area contributed by atoms with Crippen LogP contribution >= 0.6 is 0 Å². The summed E-state index contributed by atoms with van der Waals surface area (Å²) in [4.78, 5) is 25.3. The monoisotopic (exact) mass is 438 g/mol. The lowest BCUT2D eigenvalue weighted by Crippen LogP contribution is -2.22. The molecule has 1 aromatic heterocycles. The van der Waals surface area contributed by atoms with Crippen LogP contribution in [0.25, 0.3) is 11.0 Å². The van der Waals surface area contributed by atoms with E-state index in [1.54, 1.807) is 32.4 Å². The van der Waals surface area contributed by atoms with E-state index in [0.29, 0.717) is 46.0 Å². The molecule has 168 valence electrons. The highest BCUT2D eigenvalue weighted by Crippen LogP contribution is 2.46. The summed E-state index contributed by atoms with van der Waals surface area (Å²) in [5.41, 5.74) is 2.81. The van der Waals surface area contributed by atoms with E-state index in [2.05, 4.69) is 0 Å². The van der Waals surface area contributed by atoms with E-state index in [4.69, 9.17) is 23.4 Å². The standard InChI is InChI=1S/C25H26O7/c1-6-7-14-11-21(27)31-18-8-13(2)22-16(26)12-17(32-25(22)23(14)18)15-9-19(28-3)24(30-5)20(10-15)29-4/h8-11,17H,6-7,12H2,1-5H3. The molecule has 1 unspecified atom stereocenters. The number of benzene rings is 2. The number of fused-ring (bicyclic) bond motifs is 3. The summed E-state index contributed by atoms with van der Waals surface area (Å²) >= 11 is 0. The van der Waals surface area contributed by atoms with E-state index >= 15 is 0 Å². The number of ketones is 1. The molecule has 2 heterocycles. The van der Waals surface area contributed by atoms with Crippen molar-refractivity contribution in [2.75, 3.05) is 21.3 Å². The van der Waals surface area contributed by atoms with Crippen LogP contribution in [0, 0.1) is 6.92 Å². The summed E-state index contributed by atoms with van der Waals surface area (Å²) in [6.45, 7) is 3.86. The van der Waals surface area contributed by atoms with Crippen LogP contribution in [0.1, 0.15) is 52.9 Å². The Morgan fingerprint density at radius 2 is 1.69 bits per heavy atom.